The Bertz CT molecular complexity index is 375. The molecule has 1 rings (SSSR count). The van der Waals surface area contributed by atoms with Crippen molar-refractivity contribution >= 4 is 15.7 Å². The van der Waals surface area contributed by atoms with Crippen LogP contribution in [-0.2, 0) is 14.6 Å². The van der Waals surface area contributed by atoms with E-state index in [0.717, 1.165) is 38.6 Å². The Morgan fingerprint density at radius 2 is 1.94 bits per heavy atom. The monoisotopic (exact) mass is 276 g/mol. The molecule has 106 valence electrons. The van der Waals surface area contributed by atoms with Gasteiger partial charge in [-0.1, -0.05) is 6.92 Å². The van der Waals surface area contributed by atoms with Gasteiger partial charge in [0.25, 0.3) is 0 Å². The number of rotatable bonds is 5. The number of sulfone groups is 1. The molecule has 0 bridgehead atoms. The van der Waals surface area contributed by atoms with Crippen molar-refractivity contribution in [3.05, 3.63) is 0 Å². The van der Waals surface area contributed by atoms with Crippen LogP contribution in [0.3, 0.4) is 0 Å². The number of carbonyl (C=O) groups is 1. The average molecular weight is 276 g/mol. The van der Waals surface area contributed by atoms with Crippen LogP contribution < -0.4 is 5.32 Å². The number of carbonyl (C=O) groups excluding carboxylic acids is 1. The van der Waals surface area contributed by atoms with Gasteiger partial charge >= 0.3 is 0 Å². The SMILES string of the molecule is CCCN(C(=O)C(C)S(C)(=O)=O)C1CCNCC1. The van der Waals surface area contributed by atoms with Crippen LogP contribution in [0.5, 0.6) is 0 Å². The minimum atomic E-state index is -3.31. The summed E-state index contributed by atoms with van der Waals surface area (Å²) < 4.78 is 23.0. The molecule has 0 aromatic heterocycles. The van der Waals surface area contributed by atoms with Crippen molar-refractivity contribution < 1.29 is 13.2 Å². The summed E-state index contributed by atoms with van der Waals surface area (Å²) >= 11 is 0. The zero-order chi connectivity index (χ0) is 13.8. The van der Waals surface area contributed by atoms with Crippen LogP contribution >= 0.6 is 0 Å². The van der Waals surface area contributed by atoms with Gasteiger partial charge in [0.05, 0.1) is 0 Å². The van der Waals surface area contributed by atoms with Gasteiger partial charge in [0.15, 0.2) is 9.84 Å². The van der Waals surface area contributed by atoms with Crippen LogP contribution in [0.15, 0.2) is 0 Å². The Morgan fingerprint density at radius 1 is 1.39 bits per heavy atom. The summed E-state index contributed by atoms with van der Waals surface area (Å²) in [5, 5.41) is 2.32. The van der Waals surface area contributed by atoms with Crippen LogP contribution in [0.25, 0.3) is 0 Å². The first-order valence-electron chi connectivity index (χ1n) is 6.58. The van der Waals surface area contributed by atoms with E-state index in [1.807, 2.05) is 6.92 Å². The van der Waals surface area contributed by atoms with Gasteiger partial charge in [-0.15, -0.1) is 0 Å². The highest BCUT2D eigenvalue weighted by molar-refractivity contribution is 7.92. The fourth-order valence-corrected chi connectivity index (χ4v) is 2.75. The number of piperidine rings is 1. The molecule has 0 spiro atoms. The molecule has 1 fully saturated rings. The second-order valence-electron chi connectivity index (χ2n) is 4.98. The maximum absolute atomic E-state index is 12.3. The molecule has 0 aromatic rings. The van der Waals surface area contributed by atoms with E-state index in [1.165, 1.54) is 6.92 Å². The summed E-state index contributed by atoms with van der Waals surface area (Å²) in [7, 11) is -3.31. The highest BCUT2D eigenvalue weighted by atomic mass is 32.2. The minimum Gasteiger partial charge on any atom is -0.339 e. The largest absolute Gasteiger partial charge is 0.339 e. The van der Waals surface area contributed by atoms with Gasteiger partial charge in [-0.3, -0.25) is 4.79 Å². The van der Waals surface area contributed by atoms with Crippen molar-refractivity contribution in [2.24, 2.45) is 0 Å². The second kappa shape index (κ2) is 6.52. The first-order chi connectivity index (χ1) is 8.38. The number of hydrogen-bond acceptors (Lipinski definition) is 4. The van der Waals surface area contributed by atoms with Crippen LogP contribution in [0.4, 0.5) is 0 Å². The lowest BCUT2D eigenvalue weighted by molar-refractivity contribution is -0.133. The first kappa shape index (κ1) is 15.4. The summed E-state index contributed by atoms with van der Waals surface area (Å²) in [6, 6.07) is 0.183. The molecule has 1 atom stereocenters. The van der Waals surface area contributed by atoms with Gasteiger partial charge < -0.3 is 10.2 Å². The van der Waals surface area contributed by atoms with E-state index in [0.29, 0.717) is 6.54 Å². The predicted octanol–water partition coefficient (Wildman–Crippen LogP) is 0.410. The molecule has 0 saturated carbocycles. The van der Waals surface area contributed by atoms with E-state index in [2.05, 4.69) is 5.32 Å². The standard InChI is InChI=1S/C12H24N2O3S/c1-4-9-14(11-5-7-13-8-6-11)12(15)10(2)18(3,16)17/h10-11,13H,4-9H2,1-3H3. The molecule has 1 saturated heterocycles. The predicted molar refractivity (Wildman–Crippen MR) is 72.2 cm³/mol. The molecule has 0 aromatic carbocycles. The van der Waals surface area contributed by atoms with Crippen molar-refractivity contribution in [3.63, 3.8) is 0 Å². The minimum absolute atomic E-state index is 0.183. The van der Waals surface area contributed by atoms with Crippen LogP contribution in [0.2, 0.25) is 0 Å². The van der Waals surface area contributed by atoms with Crippen molar-refractivity contribution in [1.82, 2.24) is 10.2 Å². The molecule has 1 amide bonds. The van der Waals surface area contributed by atoms with E-state index < -0.39 is 15.1 Å². The molecule has 1 aliphatic rings. The van der Waals surface area contributed by atoms with Gasteiger partial charge in [0, 0.05) is 18.8 Å². The smallest absolute Gasteiger partial charge is 0.240 e. The number of amides is 1. The Hall–Kier alpha value is -0.620. The molecule has 0 aliphatic carbocycles. The third kappa shape index (κ3) is 3.95. The van der Waals surface area contributed by atoms with E-state index in [4.69, 9.17) is 0 Å². The summed E-state index contributed by atoms with van der Waals surface area (Å²) in [6.45, 7) is 5.92. The summed E-state index contributed by atoms with van der Waals surface area (Å²) in [4.78, 5) is 14.1. The van der Waals surface area contributed by atoms with E-state index in [-0.39, 0.29) is 11.9 Å². The summed E-state index contributed by atoms with van der Waals surface area (Å²) in [5.74, 6) is -0.244. The Balaban J connectivity index is 2.80. The maximum atomic E-state index is 12.3. The second-order valence-corrected chi connectivity index (χ2v) is 7.35. The van der Waals surface area contributed by atoms with Crippen molar-refractivity contribution in [3.8, 4) is 0 Å². The average Bonchev–Trinajstić information content (AvgIpc) is 2.34. The van der Waals surface area contributed by atoms with Crippen LogP contribution in [-0.4, -0.2) is 56.4 Å². The Labute approximate surface area is 110 Å². The van der Waals surface area contributed by atoms with Gasteiger partial charge in [-0.2, -0.15) is 0 Å². The molecule has 5 nitrogen and oxygen atoms in total. The first-order valence-corrected chi connectivity index (χ1v) is 8.53. The molecule has 1 heterocycles. The van der Waals surface area contributed by atoms with E-state index >= 15 is 0 Å². The van der Waals surface area contributed by atoms with E-state index in [1.54, 1.807) is 4.90 Å². The molecule has 18 heavy (non-hydrogen) atoms. The van der Waals surface area contributed by atoms with Crippen molar-refractivity contribution in [2.75, 3.05) is 25.9 Å². The lowest BCUT2D eigenvalue weighted by atomic mass is 10.0. The molecular formula is C12H24N2O3S. The normalized spacial score (nSPS) is 19.5. The van der Waals surface area contributed by atoms with Crippen molar-refractivity contribution in [1.29, 1.82) is 0 Å². The number of nitrogens with one attached hydrogen (secondary N) is 1. The molecule has 6 heteroatoms. The maximum Gasteiger partial charge on any atom is 0.240 e. The molecule has 0 radical (unpaired) electrons. The zero-order valence-corrected chi connectivity index (χ0v) is 12.3. The lowest BCUT2D eigenvalue weighted by Crippen LogP contribution is -2.50. The molecule has 1 N–H and O–H groups in total. The molecule has 1 unspecified atom stereocenters. The topological polar surface area (TPSA) is 66.5 Å². The zero-order valence-electron chi connectivity index (χ0n) is 11.5. The fraction of sp³-hybridized carbons (Fsp3) is 0.917. The van der Waals surface area contributed by atoms with Crippen LogP contribution in [0.1, 0.15) is 33.1 Å². The summed E-state index contributed by atoms with van der Waals surface area (Å²) in [5.41, 5.74) is 0. The van der Waals surface area contributed by atoms with E-state index in [9.17, 15) is 13.2 Å². The van der Waals surface area contributed by atoms with Gasteiger partial charge in [0.1, 0.15) is 5.25 Å². The van der Waals surface area contributed by atoms with Crippen LogP contribution in [0, 0.1) is 0 Å². The quantitative estimate of drug-likeness (QED) is 0.790. The van der Waals surface area contributed by atoms with Gasteiger partial charge in [-0.05, 0) is 39.3 Å². The fourth-order valence-electron chi connectivity index (χ4n) is 2.25. The molecule has 1 aliphatic heterocycles. The highest BCUT2D eigenvalue weighted by Crippen LogP contribution is 2.16. The Kier molecular flexibility index (Phi) is 5.59. The third-order valence-electron chi connectivity index (χ3n) is 3.49. The summed E-state index contributed by atoms with van der Waals surface area (Å²) in [6.07, 6.45) is 3.79. The van der Waals surface area contributed by atoms with Crippen molar-refractivity contribution in [2.45, 2.75) is 44.4 Å². The highest BCUT2D eigenvalue weighted by Gasteiger charge is 2.32. The number of nitrogens with zero attached hydrogens (tertiary/aromatic N) is 1. The number of hydrogen-bond donors (Lipinski definition) is 1. The lowest BCUT2D eigenvalue weighted by Gasteiger charge is -2.35. The van der Waals surface area contributed by atoms with Gasteiger partial charge in [0.2, 0.25) is 5.91 Å². The molecular weight excluding hydrogens is 252 g/mol. The Morgan fingerprint density at radius 3 is 2.39 bits per heavy atom. The third-order valence-corrected chi connectivity index (χ3v) is 4.97. The van der Waals surface area contributed by atoms with Gasteiger partial charge in [-0.25, -0.2) is 8.42 Å².